The van der Waals surface area contributed by atoms with E-state index in [1.807, 2.05) is 19.0 Å². The number of hydrogen-bond acceptors (Lipinski definition) is 3. The summed E-state index contributed by atoms with van der Waals surface area (Å²) in [6.07, 6.45) is 2.22. The molecule has 1 fully saturated rings. The molecule has 1 aliphatic heterocycles. The number of carbonyl (C=O) groups is 1. The topological polar surface area (TPSA) is 35.6 Å². The Balaban J connectivity index is 2.35. The van der Waals surface area contributed by atoms with Crippen LogP contribution in [0.4, 0.5) is 0 Å². The molecule has 4 heteroatoms. The summed E-state index contributed by atoms with van der Waals surface area (Å²) in [5.74, 6) is 0.201. The number of rotatable bonds is 4. The number of likely N-dealkylation sites (tertiary alicyclic amines) is 1. The average Bonchev–Trinajstić information content (AvgIpc) is 2.28. The molecule has 0 aromatic heterocycles. The number of amides is 1. The van der Waals surface area contributed by atoms with Crippen LogP contribution in [0.5, 0.6) is 0 Å². The van der Waals surface area contributed by atoms with Crippen LogP contribution in [0.25, 0.3) is 0 Å². The maximum Gasteiger partial charge on any atom is 0.236 e. The van der Waals surface area contributed by atoms with Crippen molar-refractivity contribution in [1.82, 2.24) is 15.1 Å². The second-order valence-electron chi connectivity index (χ2n) is 4.20. The summed E-state index contributed by atoms with van der Waals surface area (Å²) in [7, 11) is 3.73. The monoisotopic (exact) mass is 213 g/mol. The molecule has 0 bridgehead atoms. The van der Waals surface area contributed by atoms with Crippen LogP contribution < -0.4 is 5.32 Å². The second-order valence-corrected chi connectivity index (χ2v) is 4.20. The maximum absolute atomic E-state index is 11.6. The van der Waals surface area contributed by atoms with E-state index < -0.39 is 0 Å². The summed E-state index contributed by atoms with van der Waals surface area (Å²) in [5, 5.41) is 2.91. The summed E-state index contributed by atoms with van der Waals surface area (Å²) >= 11 is 0. The third-order valence-electron chi connectivity index (χ3n) is 3.27. The molecule has 1 rings (SSSR count). The van der Waals surface area contributed by atoms with Crippen molar-refractivity contribution in [3.8, 4) is 0 Å². The third kappa shape index (κ3) is 3.47. The Morgan fingerprint density at radius 3 is 2.53 bits per heavy atom. The maximum atomic E-state index is 11.6. The lowest BCUT2D eigenvalue weighted by Gasteiger charge is -2.36. The number of nitrogens with zero attached hydrogens (tertiary/aromatic N) is 2. The van der Waals surface area contributed by atoms with Crippen molar-refractivity contribution in [3.63, 3.8) is 0 Å². The standard InChI is InChI=1S/C11H23N3O/c1-4-14-7-5-10(6-8-14)13(3)11(15)9-12-2/h10,12H,4-9H2,1-3H3. The molecule has 0 aromatic carbocycles. The summed E-state index contributed by atoms with van der Waals surface area (Å²) in [4.78, 5) is 16.0. The zero-order valence-electron chi connectivity index (χ0n) is 10.1. The SMILES string of the molecule is CCN1CCC(N(C)C(=O)CNC)CC1. The smallest absolute Gasteiger partial charge is 0.236 e. The molecule has 88 valence electrons. The van der Waals surface area contributed by atoms with E-state index in [1.165, 1.54) is 0 Å². The Morgan fingerprint density at radius 1 is 1.47 bits per heavy atom. The van der Waals surface area contributed by atoms with Crippen molar-refractivity contribution < 1.29 is 4.79 Å². The van der Waals surface area contributed by atoms with E-state index in [9.17, 15) is 4.79 Å². The van der Waals surface area contributed by atoms with Crippen LogP contribution in [0.2, 0.25) is 0 Å². The van der Waals surface area contributed by atoms with Crippen molar-refractivity contribution in [3.05, 3.63) is 0 Å². The normalized spacial score (nSPS) is 19.1. The van der Waals surface area contributed by atoms with Crippen LogP contribution in [-0.4, -0.2) is 62.0 Å². The number of nitrogens with one attached hydrogen (secondary N) is 1. The highest BCUT2D eigenvalue weighted by atomic mass is 16.2. The van der Waals surface area contributed by atoms with Gasteiger partial charge in [0.25, 0.3) is 0 Å². The van der Waals surface area contributed by atoms with E-state index in [4.69, 9.17) is 0 Å². The first-order chi connectivity index (χ1) is 7.19. The van der Waals surface area contributed by atoms with Crippen LogP contribution >= 0.6 is 0 Å². The number of carbonyl (C=O) groups excluding carboxylic acids is 1. The van der Waals surface area contributed by atoms with Crippen LogP contribution in [0.15, 0.2) is 0 Å². The van der Waals surface area contributed by atoms with Crippen LogP contribution in [0.3, 0.4) is 0 Å². The van der Waals surface area contributed by atoms with Crippen LogP contribution in [0, 0.1) is 0 Å². The lowest BCUT2D eigenvalue weighted by molar-refractivity contribution is -0.131. The van der Waals surface area contributed by atoms with Gasteiger partial charge in [-0.3, -0.25) is 4.79 Å². The van der Waals surface area contributed by atoms with Gasteiger partial charge < -0.3 is 15.1 Å². The predicted octanol–water partition coefficient (Wildman–Crippen LogP) is 0.149. The van der Waals surface area contributed by atoms with Gasteiger partial charge in [-0.25, -0.2) is 0 Å². The van der Waals surface area contributed by atoms with Gasteiger partial charge in [0.1, 0.15) is 0 Å². The van der Waals surface area contributed by atoms with Crippen molar-refractivity contribution in [2.75, 3.05) is 40.3 Å². The fraction of sp³-hybridized carbons (Fsp3) is 0.909. The fourth-order valence-electron chi connectivity index (χ4n) is 2.10. The third-order valence-corrected chi connectivity index (χ3v) is 3.27. The quantitative estimate of drug-likeness (QED) is 0.722. The molecule has 0 atom stereocenters. The highest BCUT2D eigenvalue weighted by Crippen LogP contribution is 2.14. The second kappa shape index (κ2) is 6.08. The predicted molar refractivity (Wildman–Crippen MR) is 61.8 cm³/mol. The van der Waals surface area contributed by atoms with Gasteiger partial charge in [-0.05, 0) is 26.4 Å². The molecule has 1 amide bonds. The minimum Gasteiger partial charge on any atom is -0.342 e. The summed E-state index contributed by atoms with van der Waals surface area (Å²) in [6.45, 7) is 6.01. The molecule has 1 saturated heterocycles. The molecule has 1 N–H and O–H groups in total. The van der Waals surface area contributed by atoms with E-state index in [0.29, 0.717) is 12.6 Å². The van der Waals surface area contributed by atoms with Gasteiger partial charge in [0.05, 0.1) is 6.54 Å². The van der Waals surface area contributed by atoms with E-state index in [-0.39, 0.29) is 5.91 Å². The van der Waals surface area contributed by atoms with Gasteiger partial charge in [-0.15, -0.1) is 0 Å². The van der Waals surface area contributed by atoms with Gasteiger partial charge in [-0.1, -0.05) is 6.92 Å². The van der Waals surface area contributed by atoms with E-state index in [1.54, 1.807) is 0 Å². The Kier molecular flexibility index (Phi) is 5.05. The molecule has 0 aromatic rings. The number of piperidine rings is 1. The number of hydrogen-bond donors (Lipinski definition) is 1. The number of likely N-dealkylation sites (N-methyl/N-ethyl adjacent to an activating group) is 2. The van der Waals surface area contributed by atoms with E-state index >= 15 is 0 Å². The minimum atomic E-state index is 0.201. The zero-order valence-corrected chi connectivity index (χ0v) is 10.1. The summed E-state index contributed by atoms with van der Waals surface area (Å²) < 4.78 is 0. The summed E-state index contributed by atoms with van der Waals surface area (Å²) in [6, 6.07) is 0.439. The first kappa shape index (κ1) is 12.5. The molecular formula is C11H23N3O. The van der Waals surface area contributed by atoms with Gasteiger partial charge >= 0.3 is 0 Å². The van der Waals surface area contributed by atoms with Gasteiger partial charge in [-0.2, -0.15) is 0 Å². The van der Waals surface area contributed by atoms with Crippen molar-refractivity contribution in [1.29, 1.82) is 0 Å². The van der Waals surface area contributed by atoms with Crippen molar-refractivity contribution >= 4 is 5.91 Å². The molecule has 15 heavy (non-hydrogen) atoms. The van der Waals surface area contributed by atoms with Crippen molar-refractivity contribution in [2.24, 2.45) is 0 Å². The van der Waals surface area contributed by atoms with Crippen molar-refractivity contribution in [2.45, 2.75) is 25.8 Å². The largest absolute Gasteiger partial charge is 0.342 e. The zero-order chi connectivity index (χ0) is 11.3. The first-order valence-electron chi connectivity index (χ1n) is 5.81. The average molecular weight is 213 g/mol. The lowest BCUT2D eigenvalue weighted by Crippen LogP contribution is -2.47. The molecule has 0 radical (unpaired) electrons. The van der Waals surface area contributed by atoms with E-state index in [2.05, 4.69) is 17.1 Å². The Labute approximate surface area is 92.6 Å². The Bertz CT molecular complexity index is 200. The fourth-order valence-corrected chi connectivity index (χ4v) is 2.10. The van der Waals surface area contributed by atoms with Gasteiger partial charge in [0.15, 0.2) is 0 Å². The van der Waals surface area contributed by atoms with E-state index in [0.717, 1.165) is 32.5 Å². The first-order valence-corrected chi connectivity index (χ1v) is 5.81. The Hall–Kier alpha value is -0.610. The molecule has 0 spiro atoms. The van der Waals surface area contributed by atoms with Crippen LogP contribution in [-0.2, 0) is 4.79 Å². The lowest BCUT2D eigenvalue weighted by atomic mass is 10.0. The van der Waals surface area contributed by atoms with Gasteiger partial charge in [0.2, 0.25) is 5.91 Å². The molecule has 0 saturated carbocycles. The molecule has 1 heterocycles. The summed E-state index contributed by atoms with van der Waals surface area (Å²) in [5.41, 5.74) is 0. The highest BCUT2D eigenvalue weighted by Gasteiger charge is 2.23. The highest BCUT2D eigenvalue weighted by molar-refractivity contribution is 5.78. The van der Waals surface area contributed by atoms with Crippen LogP contribution in [0.1, 0.15) is 19.8 Å². The molecule has 1 aliphatic rings. The van der Waals surface area contributed by atoms with Gasteiger partial charge in [0, 0.05) is 26.2 Å². The molecule has 0 aliphatic carbocycles. The Morgan fingerprint density at radius 2 is 2.07 bits per heavy atom. The minimum absolute atomic E-state index is 0.201. The molecular weight excluding hydrogens is 190 g/mol. The molecule has 0 unspecified atom stereocenters. The molecule has 4 nitrogen and oxygen atoms in total.